The Bertz CT molecular complexity index is 733. The van der Waals surface area contributed by atoms with Crippen LogP contribution in [0, 0.1) is 11.8 Å². The van der Waals surface area contributed by atoms with Gasteiger partial charge in [-0.3, -0.25) is 14.4 Å². The standard InChI is InChI=1S/C22H30N2O4/c1-15-14-16-8-2-5-11-19(16)24(15)22(28)18-10-4-3-9-17(18)21(27)23-13-7-6-12-20(25)26/h2,5,8,11,15,17-18H,3-4,6-7,9-10,12-14H2,1H3,(H,23,27)(H,25,26). The van der Waals surface area contributed by atoms with Crippen LogP contribution < -0.4 is 10.2 Å². The van der Waals surface area contributed by atoms with Crippen molar-refractivity contribution < 1.29 is 19.5 Å². The first-order valence-corrected chi connectivity index (χ1v) is 10.4. The number of nitrogens with one attached hydrogen (secondary N) is 1. The average Bonchev–Trinajstić information content (AvgIpc) is 3.02. The van der Waals surface area contributed by atoms with E-state index in [-0.39, 0.29) is 36.1 Å². The fraction of sp³-hybridized carbons (Fsp3) is 0.591. The van der Waals surface area contributed by atoms with Crippen molar-refractivity contribution >= 4 is 23.5 Å². The van der Waals surface area contributed by atoms with Crippen molar-refractivity contribution in [1.29, 1.82) is 0 Å². The smallest absolute Gasteiger partial charge is 0.303 e. The van der Waals surface area contributed by atoms with Crippen LogP contribution in [0.5, 0.6) is 0 Å². The minimum absolute atomic E-state index is 0.0616. The molecule has 1 aromatic carbocycles. The number of fused-ring (bicyclic) bond motifs is 1. The van der Waals surface area contributed by atoms with Crippen LogP contribution >= 0.6 is 0 Å². The molecule has 2 amide bonds. The number of aliphatic carboxylic acids is 1. The fourth-order valence-electron chi connectivity index (χ4n) is 4.56. The lowest BCUT2D eigenvalue weighted by Gasteiger charge is -2.34. The monoisotopic (exact) mass is 386 g/mol. The zero-order valence-electron chi connectivity index (χ0n) is 16.5. The molecule has 1 aliphatic carbocycles. The van der Waals surface area contributed by atoms with Gasteiger partial charge < -0.3 is 15.3 Å². The predicted molar refractivity (Wildman–Crippen MR) is 107 cm³/mol. The molecule has 3 unspecified atom stereocenters. The Hall–Kier alpha value is -2.37. The molecule has 6 nitrogen and oxygen atoms in total. The van der Waals surface area contributed by atoms with Crippen molar-refractivity contribution in [3.63, 3.8) is 0 Å². The second-order valence-electron chi connectivity index (χ2n) is 8.03. The molecule has 3 atom stereocenters. The number of unbranched alkanes of at least 4 members (excludes halogenated alkanes) is 1. The number of carbonyl (C=O) groups excluding carboxylic acids is 2. The topological polar surface area (TPSA) is 86.7 Å². The highest BCUT2D eigenvalue weighted by Gasteiger charge is 2.41. The van der Waals surface area contributed by atoms with Crippen LogP contribution in [0.15, 0.2) is 24.3 Å². The number of benzene rings is 1. The number of carbonyl (C=O) groups is 3. The number of hydrogen-bond acceptors (Lipinski definition) is 3. The predicted octanol–water partition coefficient (Wildman–Crippen LogP) is 3.14. The van der Waals surface area contributed by atoms with Gasteiger partial charge in [0.05, 0.1) is 5.92 Å². The molecular weight excluding hydrogens is 356 g/mol. The zero-order valence-corrected chi connectivity index (χ0v) is 16.5. The lowest BCUT2D eigenvalue weighted by Crippen LogP contribution is -2.47. The Labute approximate surface area is 166 Å². The number of carboxylic acid groups (broad SMARTS) is 1. The van der Waals surface area contributed by atoms with Gasteiger partial charge in [-0.1, -0.05) is 31.0 Å². The van der Waals surface area contributed by atoms with Gasteiger partial charge in [-0.2, -0.15) is 0 Å². The van der Waals surface area contributed by atoms with Crippen LogP contribution in [0.4, 0.5) is 5.69 Å². The van der Waals surface area contributed by atoms with E-state index in [1.807, 2.05) is 23.1 Å². The van der Waals surface area contributed by atoms with E-state index in [1.54, 1.807) is 0 Å². The molecule has 1 heterocycles. The quantitative estimate of drug-likeness (QED) is 0.705. The van der Waals surface area contributed by atoms with E-state index in [2.05, 4.69) is 18.3 Å². The molecular formula is C22H30N2O4. The van der Waals surface area contributed by atoms with E-state index in [9.17, 15) is 14.4 Å². The van der Waals surface area contributed by atoms with Gasteiger partial charge in [-0.05, 0) is 50.7 Å². The number of para-hydroxylation sites is 1. The molecule has 152 valence electrons. The van der Waals surface area contributed by atoms with Crippen molar-refractivity contribution in [1.82, 2.24) is 5.32 Å². The number of amides is 2. The van der Waals surface area contributed by atoms with E-state index in [0.717, 1.165) is 37.8 Å². The maximum atomic E-state index is 13.4. The van der Waals surface area contributed by atoms with Crippen LogP contribution in [0.25, 0.3) is 0 Å². The van der Waals surface area contributed by atoms with Crippen molar-refractivity contribution in [2.24, 2.45) is 11.8 Å². The van der Waals surface area contributed by atoms with Gasteiger partial charge in [0.1, 0.15) is 0 Å². The van der Waals surface area contributed by atoms with E-state index in [4.69, 9.17) is 5.11 Å². The zero-order chi connectivity index (χ0) is 20.1. The van der Waals surface area contributed by atoms with Crippen LogP contribution in [-0.4, -0.2) is 35.5 Å². The van der Waals surface area contributed by atoms with Crippen molar-refractivity contribution in [2.75, 3.05) is 11.4 Å². The minimum Gasteiger partial charge on any atom is -0.481 e. The molecule has 1 saturated carbocycles. The highest BCUT2D eigenvalue weighted by molar-refractivity contribution is 6.00. The van der Waals surface area contributed by atoms with E-state index >= 15 is 0 Å². The van der Waals surface area contributed by atoms with E-state index < -0.39 is 5.97 Å². The molecule has 6 heteroatoms. The maximum Gasteiger partial charge on any atom is 0.303 e. The summed E-state index contributed by atoms with van der Waals surface area (Å²) in [6.07, 6.45) is 5.59. The molecule has 2 aliphatic rings. The average molecular weight is 386 g/mol. The summed E-state index contributed by atoms with van der Waals surface area (Å²) >= 11 is 0. The Balaban J connectivity index is 1.63. The maximum absolute atomic E-state index is 13.4. The summed E-state index contributed by atoms with van der Waals surface area (Å²) in [6.45, 7) is 2.53. The third-order valence-electron chi connectivity index (χ3n) is 5.98. The van der Waals surface area contributed by atoms with Crippen LogP contribution in [0.1, 0.15) is 57.4 Å². The molecule has 0 saturated heterocycles. The van der Waals surface area contributed by atoms with Gasteiger partial charge in [0.15, 0.2) is 0 Å². The summed E-state index contributed by atoms with van der Waals surface area (Å²) in [7, 11) is 0. The Kier molecular flexibility index (Phi) is 6.70. The van der Waals surface area contributed by atoms with Crippen molar-refractivity contribution in [3.05, 3.63) is 29.8 Å². The molecule has 1 aromatic rings. The van der Waals surface area contributed by atoms with E-state index in [0.29, 0.717) is 19.4 Å². The summed E-state index contributed by atoms with van der Waals surface area (Å²) < 4.78 is 0. The molecule has 3 rings (SSSR count). The second-order valence-corrected chi connectivity index (χ2v) is 8.03. The third-order valence-corrected chi connectivity index (χ3v) is 5.98. The highest BCUT2D eigenvalue weighted by atomic mass is 16.4. The molecule has 0 spiro atoms. The van der Waals surface area contributed by atoms with Gasteiger partial charge in [0.25, 0.3) is 0 Å². The van der Waals surface area contributed by atoms with Gasteiger partial charge in [0, 0.05) is 30.6 Å². The van der Waals surface area contributed by atoms with Gasteiger partial charge in [-0.15, -0.1) is 0 Å². The van der Waals surface area contributed by atoms with Gasteiger partial charge >= 0.3 is 5.97 Å². The first-order valence-electron chi connectivity index (χ1n) is 10.4. The summed E-state index contributed by atoms with van der Waals surface area (Å²) in [5.74, 6) is -1.37. The number of hydrogen-bond donors (Lipinski definition) is 2. The minimum atomic E-state index is -0.815. The molecule has 2 N–H and O–H groups in total. The SMILES string of the molecule is CC1Cc2ccccc2N1C(=O)C1CCCCC1C(=O)NCCCCC(=O)O. The fourth-order valence-corrected chi connectivity index (χ4v) is 4.56. The highest BCUT2D eigenvalue weighted by Crippen LogP contribution is 2.38. The largest absolute Gasteiger partial charge is 0.481 e. The third kappa shape index (κ3) is 4.54. The van der Waals surface area contributed by atoms with E-state index in [1.165, 1.54) is 5.56 Å². The molecule has 28 heavy (non-hydrogen) atoms. The molecule has 0 radical (unpaired) electrons. The lowest BCUT2D eigenvalue weighted by atomic mass is 9.77. The number of anilines is 1. The van der Waals surface area contributed by atoms with Gasteiger partial charge in [-0.25, -0.2) is 0 Å². The molecule has 1 aliphatic heterocycles. The molecule has 1 fully saturated rings. The number of rotatable bonds is 7. The number of nitrogens with zero attached hydrogens (tertiary/aromatic N) is 1. The lowest BCUT2D eigenvalue weighted by molar-refractivity contribution is -0.137. The first kappa shape index (κ1) is 20.4. The summed E-state index contributed by atoms with van der Waals surface area (Å²) in [5.41, 5.74) is 2.18. The Morgan fingerprint density at radius 3 is 2.57 bits per heavy atom. The number of carboxylic acids is 1. The summed E-state index contributed by atoms with van der Waals surface area (Å²) in [4.78, 5) is 38.6. The van der Waals surface area contributed by atoms with Gasteiger partial charge in [0.2, 0.25) is 11.8 Å². The van der Waals surface area contributed by atoms with Crippen molar-refractivity contribution in [2.45, 2.75) is 64.3 Å². The summed E-state index contributed by atoms with van der Waals surface area (Å²) in [6, 6.07) is 8.14. The van der Waals surface area contributed by atoms with Crippen molar-refractivity contribution in [3.8, 4) is 0 Å². The Morgan fingerprint density at radius 2 is 1.82 bits per heavy atom. The molecule has 0 bridgehead atoms. The Morgan fingerprint density at radius 1 is 1.11 bits per heavy atom. The first-order chi connectivity index (χ1) is 13.5. The second kappa shape index (κ2) is 9.22. The van der Waals surface area contributed by atoms with Crippen LogP contribution in [0.3, 0.4) is 0 Å². The van der Waals surface area contributed by atoms with Crippen LogP contribution in [-0.2, 0) is 20.8 Å². The summed E-state index contributed by atoms with van der Waals surface area (Å²) in [5, 5.41) is 11.6. The normalized spacial score (nSPS) is 23.9. The molecule has 0 aromatic heterocycles. The van der Waals surface area contributed by atoms with Crippen LogP contribution in [0.2, 0.25) is 0 Å².